The zero-order valence-corrected chi connectivity index (χ0v) is 15.4. The van der Waals surface area contributed by atoms with Gasteiger partial charge in [0.25, 0.3) is 0 Å². The molecule has 0 unspecified atom stereocenters. The number of fused-ring (bicyclic) bond motifs is 1. The molecule has 0 amide bonds. The number of ketones is 1. The van der Waals surface area contributed by atoms with Crippen LogP contribution < -0.4 is 5.43 Å². The number of nitrogens with zero attached hydrogens (tertiary/aromatic N) is 1. The largest absolute Gasteiger partial charge is 0.342 e. The molecule has 4 aromatic rings. The molecule has 0 aliphatic heterocycles. The number of aromatic nitrogens is 1. The van der Waals surface area contributed by atoms with E-state index in [9.17, 15) is 14.0 Å². The van der Waals surface area contributed by atoms with Gasteiger partial charge in [-0.1, -0.05) is 54.1 Å². The van der Waals surface area contributed by atoms with Crippen LogP contribution in [-0.2, 0) is 6.54 Å². The lowest BCUT2D eigenvalue weighted by molar-refractivity contribution is 0.103. The molecule has 28 heavy (non-hydrogen) atoms. The molecule has 1 aromatic heterocycles. The standard InChI is InChI=1S/C24H18FNO2/c1-16-10-11-22-20(12-16)24(28)21(23(27)18-7-3-2-4-8-18)15-26(22)14-17-6-5-9-19(25)13-17/h2-13,15H,14H2,1H3. The average molecular weight is 371 g/mol. The van der Waals surface area contributed by atoms with Crippen molar-refractivity contribution in [2.45, 2.75) is 13.5 Å². The van der Waals surface area contributed by atoms with Gasteiger partial charge in [-0.25, -0.2) is 4.39 Å². The zero-order chi connectivity index (χ0) is 19.7. The first-order chi connectivity index (χ1) is 13.5. The molecular weight excluding hydrogens is 353 g/mol. The van der Waals surface area contributed by atoms with E-state index >= 15 is 0 Å². The van der Waals surface area contributed by atoms with Crippen molar-refractivity contribution >= 4 is 16.7 Å². The predicted molar refractivity (Wildman–Crippen MR) is 108 cm³/mol. The molecule has 1 heterocycles. The van der Waals surface area contributed by atoms with E-state index in [0.717, 1.165) is 11.1 Å². The Morgan fingerprint density at radius 3 is 2.50 bits per heavy atom. The van der Waals surface area contributed by atoms with Crippen LogP contribution in [0.1, 0.15) is 27.0 Å². The first kappa shape index (κ1) is 17.9. The third-order valence-corrected chi connectivity index (χ3v) is 4.76. The minimum Gasteiger partial charge on any atom is -0.342 e. The van der Waals surface area contributed by atoms with Crippen molar-refractivity contribution in [1.29, 1.82) is 0 Å². The van der Waals surface area contributed by atoms with Crippen molar-refractivity contribution in [2.24, 2.45) is 0 Å². The lowest BCUT2D eigenvalue weighted by atomic mass is 10.0. The highest BCUT2D eigenvalue weighted by atomic mass is 19.1. The SMILES string of the molecule is Cc1ccc2c(c1)c(=O)c(C(=O)c1ccccc1)cn2Cc1cccc(F)c1. The van der Waals surface area contributed by atoms with Crippen molar-refractivity contribution in [1.82, 2.24) is 4.57 Å². The van der Waals surface area contributed by atoms with Crippen LogP contribution >= 0.6 is 0 Å². The van der Waals surface area contributed by atoms with E-state index in [0.29, 0.717) is 23.0 Å². The molecule has 3 nitrogen and oxygen atoms in total. The summed E-state index contributed by atoms with van der Waals surface area (Å²) in [4.78, 5) is 26.0. The van der Waals surface area contributed by atoms with Crippen LogP contribution in [0.3, 0.4) is 0 Å². The minimum absolute atomic E-state index is 0.112. The Morgan fingerprint density at radius 2 is 1.75 bits per heavy atom. The molecule has 4 rings (SSSR count). The Balaban J connectivity index is 1.92. The Kier molecular flexibility index (Phi) is 4.62. The van der Waals surface area contributed by atoms with Gasteiger partial charge < -0.3 is 4.57 Å². The Labute approximate surface area is 161 Å². The Morgan fingerprint density at radius 1 is 0.964 bits per heavy atom. The van der Waals surface area contributed by atoms with Crippen LogP contribution in [0.5, 0.6) is 0 Å². The van der Waals surface area contributed by atoms with Crippen molar-refractivity contribution in [3.8, 4) is 0 Å². The van der Waals surface area contributed by atoms with Crippen LogP contribution in [0, 0.1) is 12.7 Å². The summed E-state index contributed by atoms with van der Waals surface area (Å²) in [5.74, 6) is -0.638. The van der Waals surface area contributed by atoms with Crippen LogP contribution in [0.2, 0.25) is 0 Å². The van der Waals surface area contributed by atoms with E-state index in [1.54, 1.807) is 42.6 Å². The first-order valence-corrected chi connectivity index (χ1v) is 9.01. The lowest BCUT2D eigenvalue weighted by Gasteiger charge is -2.14. The fourth-order valence-corrected chi connectivity index (χ4v) is 3.38. The van der Waals surface area contributed by atoms with Gasteiger partial charge in [0.15, 0.2) is 5.78 Å². The fourth-order valence-electron chi connectivity index (χ4n) is 3.38. The molecule has 0 aliphatic rings. The van der Waals surface area contributed by atoms with Crippen molar-refractivity contribution in [3.63, 3.8) is 0 Å². The van der Waals surface area contributed by atoms with Gasteiger partial charge in [-0.15, -0.1) is 0 Å². The van der Waals surface area contributed by atoms with E-state index in [4.69, 9.17) is 0 Å². The van der Waals surface area contributed by atoms with Crippen LogP contribution in [-0.4, -0.2) is 10.4 Å². The highest BCUT2D eigenvalue weighted by molar-refractivity contribution is 6.10. The van der Waals surface area contributed by atoms with Gasteiger partial charge in [0.1, 0.15) is 5.82 Å². The van der Waals surface area contributed by atoms with E-state index in [-0.39, 0.29) is 22.6 Å². The zero-order valence-electron chi connectivity index (χ0n) is 15.4. The molecule has 0 bridgehead atoms. The van der Waals surface area contributed by atoms with Gasteiger partial charge in [-0.3, -0.25) is 9.59 Å². The second kappa shape index (κ2) is 7.24. The molecule has 3 aromatic carbocycles. The van der Waals surface area contributed by atoms with E-state index in [1.165, 1.54) is 12.1 Å². The van der Waals surface area contributed by atoms with E-state index in [1.807, 2.05) is 35.8 Å². The molecule has 4 heteroatoms. The summed E-state index contributed by atoms with van der Waals surface area (Å²) in [6.45, 7) is 2.26. The third kappa shape index (κ3) is 3.37. The molecule has 0 atom stereocenters. The smallest absolute Gasteiger partial charge is 0.200 e. The molecule has 0 saturated carbocycles. The summed E-state index contributed by atoms with van der Waals surface area (Å²) < 4.78 is 15.5. The van der Waals surface area contributed by atoms with E-state index < -0.39 is 0 Å². The molecule has 0 aliphatic carbocycles. The maximum absolute atomic E-state index is 13.6. The summed E-state index contributed by atoms with van der Waals surface area (Å²) in [7, 11) is 0. The van der Waals surface area contributed by atoms with Gasteiger partial charge >= 0.3 is 0 Å². The molecule has 0 saturated heterocycles. The molecule has 0 spiro atoms. The van der Waals surface area contributed by atoms with Gasteiger partial charge in [-0.05, 0) is 36.8 Å². The fraction of sp³-hybridized carbons (Fsp3) is 0.0833. The number of pyridine rings is 1. The summed E-state index contributed by atoms with van der Waals surface area (Å²) in [5, 5.41) is 0.484. The number of halogens is 1. The normalized spacial score (nSPS) is 10.9. The molecule has 138 valence electrons. The minimum atomic E-state index is -0.320. The number of carbonyl (C=O) groups is 1. The number of rotatable bonds is 4. The van der Waals surface area contributed by atoms with Crippen LogP contribution in [0.15, 0.2) is 83.8 Å². The van der Waals surface area contributed by atoms with Crippen molar-refractivity contribution in [3.05, 3.63) is 117 Å². The van der Waals surface area contributed by atoms with Gasteiger partial charge in [0, 0.05) is 23.7 Å². The van der Waals surface area contributed by atoms with Crippen molar-refractivity contribution in [2.75, 3.05) is 0 Å². The summed E-state index contributed by atoms with van der Waals surface area (Å²) in [6, 6.07) is 20.6. The van der Waals surface area contributed by atoms with Gasteiger partial charge in [0.05, 0.1) is 11.1 Å². The van der Waals surface area contributed by atoms with Crippen LogP contribution in [0.4, 0.5) is 4.39 Å². The highest BCUT2D eigenvalue weighted by Crippen LogP contribution is 2.18. The quantitative estimate of drug-likeness (QED) is 0.487. The molecule has 0 N–H and O–H groups in total. The third-order valence-electron chi connectivity index (χ3n) is 4.76. The van der Waals surface area contributed by atoms with Gasteiger partial charge in [0.2, 0.25) is 5.43 Å². The number of carbonyl (C=O) groups excluding carboxylic acids is 1. The number of benzene rings is 3. The predicted octanol–water partition coefficient (Wildman–Crippen LogP) is 4.73. The maximum atomic E-state index is 13.6. The van der Waals surface area contributed by atoms with Crippen molar-refractivity contribution < 1.29 is 9.18 Å². The highest BCUT2D eigenvalue weighted by Gasteiger charge is 2.17. The Bertz CT molecular complexity index is 1240. The number of aryl methyl sites for hydroxylation is 1. The molecular formula is C24H18FNO2. The average Bonchev–Trinajstić information content (AvgIpc) is 2.70. The lowest BCUT2D eigenvalue weighted by Crippen LogP contribution is -2.20. The maximum Gasteiger partial charge on any atom is 0.200 e. The Hall–Kier alpha value is -3.53. The second-order valence-corrected chi connectivity index (χ2v) is 6.85. The summed E-state index contributed by atoms with van der Waals surface area (Å²) in [6.07, 6.45) is 1.58. The molecule has 0 fully saturated rings. The number of hydrogen-bond acceptors (Lipinski definition) is 2. The summed E-state index contributed by atoms with van der Waals surface area (Å²) >= 11 is 0. The van der Waals surface area contributed by atoms with Gasteiger partial charge in [-0.2, -0.15) is 0 Å². The molecule has 0 radical (unpaired) electrons. The number of hydrogen-bond donors (Lipinski definition) is 0. The van der Waals surface area contributed by atoms with E-state index in [2.05, 4.69) is 0 Å². The van der Waals surface area contributed by atoms with Crippen LogP contribution in [0.25, 0.3) is 10.9 Å². The monoisotopic (exact) mass is 371 g/mol. The topological polar surface area (TPSA) is 39.1 Å². The second-order valence-electron chi connectivity index (χ2n) is 6.85. The first-order valence-electron chi connectivity index (χ1n) is 9.01. The summed E-state index contributed by atoms with van der Waals surface area (Å²) in [5.41, 5.74) is 2.69.